The predicted octanol–water partition coefficient (Wildman–Crippen LogP) is 3.95. The number of hydrogen-bond donors (Lipinski definition) is 0. The van der Waals surface area contributed by atoms with Crippen LogP contribution in [0.1, 0.15) is 6.42 Å². The Morgan fingerprint density at radius 1 is 0.591 bits per heavy atom. The van der Waals surface area contributed by atoms with Crippen LogP contribution in [-0.2, 0) is 9.05 Å². The van der Waals surface area contributed by atoms with Gasteiger partial charge in [0, 0.05) is 0 Å². The predicted molar refractivity (Wildman–Crippen MR) is 78.8 cm³/mol. The van der Waals surface area contributed by atoms with Crippen molar-refractivity contribution in [3.63, 3.8) is 0 Å². The third kappa shape index (κ3) is 1.35. The van der Waals surface area contributed by atoms with Crippen LogP contribution >= 0.6 is 7.31 Å². The van der Waals surface area contributed by atoms with Crippen molar-refractivity contribution in [1.29, 1.82) is 0 Å². The van der Waals surface area contributed by atoms with Crippen LogP contribution < -0.4 is 18.1 Å². The summed E-state index contributed by atoms with van der Waals surface area (Å²) in [5.41, 5.74) is 0. The summed E-state index contributed by atoms with van der Waals surface area (Å²) >= 11 is 0. The van der Waals surface area contributed by atoms with Gasteiger partial charge in [0.1, 0.15) is 0 Å². The van der Waals surface area contributed by atoms with Crippen molar-refractivity contribution in [2.24, 2.45) is 0 Å². The molecular formula is C15H14O6P-. The normalized spacial score (nSPS) is 27.6. The topological polar surface area (TPSA) is 55.4 Å². The molecule has 0 unspecified atom stereocenters. The van der Waals surface area contributed by atoms with Gasteiger partial charge in [-0.05, 0) is 0 Å². The molecule has 0 atom stereocenters. The molecule has 3 aliphatic rings. The van der Waals surface area contributed by atoms with E-state index in [4.69, 9.17) is 27.1 Å². The summed E-state index contributed by atoms with van der Waals surface area (Å²) < 4.78 is 36.2. The van der Waals surface area contributed by atoms with Crippen molar-refractivity contribution < 1.29 is 27.1 Å². The SMILES string of the molecule is c1ccc2c(c1)O[P-]13(OCCCO1)(O2)Oc1ccccc1O3. The van der Waals surface area contributed by atoms with Crippen LogP contribution in [0.3, 0.4) is 0 Å². The molecule has 6 nitrogen and oxygen atoms in total. The molecule has 1 fully saturated rings. The van der Waals surface area contributed by atoms with Gasteiger partial charge in [-0.15, -0.1) is 0 Å². The average molecular weight is 321 g/mol. The molecule has 116 valence electrons. The van der Waals surface area contributed by atoms with Crippen molar-refractivity contribution in [1.82, 2.24) is 0 Å². The van der Waals surface area contributed by atoms with Crippen molar-refractivity contribution in [2.75, 3.05) is 13.2 Å². The molecule has 3 aliphatic heterocycles. The zero-order valence-corrected chi connectivity index (χ0v) is 12.5. The van der Waals surface area contributed by atoms with Gasteiger partial charge < -0.3 is 0 Å². The summed E-state index contributed by atoms with van der Waals surface area (Å²) in [6.45, 7) is 0.718. The number of rotatable bonds is 0. The molecule has 0 bridgehead atoms. The average Bonchev–Trinajstić information content (AvgIpc) is 2.97. The van der Waals surface area contributed by atoms with E-state index in [-0.39, 0.29) is 0 Å². The van der Waals surface area contributed by atoms with Crippen LogP contribution in [0.15, 0.2) is 48.5 Å². The Hall–Kier alpha value is -2.01. The second-order valence-electron chi connectivity index (χ2n) is 5.40. The van der Waals surface area contributed by atoms with Crippen molar-refractivity contribution in [2.45, 2.75) is 6.42 Å². The van der Waals surface area contributed by atoms with Gasteiger partial charge in [0.25, 0.3) is 0 Å². The van der Waals surface area contributed by atoms with E-state index >= 15 is 0 Å². The summed E-state index contributed by atoms with van der Waals surface area (Å²) in [7, 11) is -5.28. The molecule has 2 aromatic carbocycles. The molecule has 0 amide bonds. The zero-order chi connectivity index (χ0) is 14.7. The molecule has 7 heteroatoms. The standard InChI is InChI=1S/C15H14O6P/c1-2-7-13-12(6-1)18-22(19-13,16-10-5-11-17-22)20-14-8-3-4-9-15(14)21-22/h1-4,6-9H,5,10-11H2/q-1. The Morgan fingerprint density at radius 3 is 1.32 bits per heavy atom. The summed E-state index contributed by atoms with van der Waals surface area (Å²) in [5, 5.41) is 0. The Morgan fingerprint density at radius 2 is 0.955 bits per heavy atom. The number of fused-ring (bicyclic) bond motifs is 2. The van der Waals surface area contributed by atoms with Gasteiger partial charge >= 0.3 is 126 Å². The fourth-order valence-corrected chi connectivity index (χ4v) is 6.86. The zero-order valence-electron chi connectivity index (χ0n) is 11.6. The molecular weight excluding hydrogens is 307 g/mol. The number of hydrogen-bond acceptors (Lipinski definition) is 6. The van der Waals surface area contributed by atoms with Gasteiger partial charge in [-0.1, -0.05) is 0 Å². The van der Waals surface area contributed by atoms with Crippen LogP contribution in [-0.4, -0.2) is 13.2 Å². The quantitative estimate of drug-likeness (QED) is 0.685. The van der Waals surface area contributed by atoms with E-state index < -0.39 is 7.31 Å². The summed E-state index contributed by atoms with van der Waals surface area (Å²) in [6, 6.07) is 14.4. The molecule has 0 saturated carbocycles. The van der Waals surface area contributed by atoms with Gasteiger partial charge in [0.2, 0.25) is 0 Å². The fraction of sp³-hybridized carbons (Fsp3) is 0.200. The number of para-hydroxylation sites is 4. The van der Waals surface area contributed by atoms with Crippen LogP contribution in [0.2, 0.25) is 0 Å². The van der Waals surface area contributed by atoms with E-state index in [0.29, 0.717) is 42.6 Å². The summed E-state index contributed by atoms with van der Waals surface area (Å²) in [5.74, 6) is 1.92. The van der Waals surface area contributed by atoms with E-state index in [1.165, 1.54) is 0 Å². The minimum absolute atomic E-state index is 0.359. The van der Waals surface area contributed by atoms with Crippen molar-refractivity contribution in [3.05, 3.63) is 48.5 Å². The van der Waals surface area contributed by atoms with Crippen LogP contribution in [0.5, 0.6) is 23.0 Å². The summed E-state index contributed by atoms with van der Waals surface area (Å²) in [6.07, 6.45) is 0.705. The molecule has 22 heavy (non-hydrogen) atoms. The molecule has 0 radical (unpaired) electrons. The first-order valence-corrected chi connectivity index (χ1v) is 9.33. The van der Waals surface area contributed by atoms with Crippen LogP contribution in [0, 0.1) is 0 Å². The summed E-state index contributed by atoms with van der Waals surface area (Å²) in [4.78, 5) is 0. The van der Waals surface area contributed by atoms with Gasteiger partial charge in [-0.2, -0.15) is 0 Å². The Bertz CT molecular complexity index is 675. The first kappa shape index (κ1) is 12.5. The minimum atomic E-state index is -5.28. The van der Waals surface area contributed by atoms with Gasteiger partial charge in [-0.3, -0.25) is 0 Å². The first-order chi connectivity index (χ1) is 10.7. The molecule has 0 aliphatic carbocycles. The maximum atomic E-state index is 6.08. The van der Waals surface area contributed by atoms with Crippen molar-refractivity contribution >= 4 is 7.31 Å². The fourth-order valence-electron chi connectivity index (χ4n) is 2.93. The Kier molecular flexibility index (Phi) is 1.98. The van der Waals surface area contributed by atoms with Gasteiger partial charge in [-0.25, -0.2) is 0 Å². The monoisotopic (exact) mass is 321 g/mol. The Balaban J connectivity index is 1.74. The second-order valence-corrected chi connectivity index (χ2v) is 8.88. The van der Waals surface area contributed by atoms with Gasteiger partial charge in [0.05, 0.1) is 0 Å². The first-order valence-electron chi connectivity index (χ1n) is 7.14. The van der Waals surface area contributed by atoms with E-state index in [1.54, 1.807) is 24.3 Å². The molecule has 1 saturated heterocycles. The molecule has 2 aromatic rings. The third-order valence-electron chi connectivity index (χ3n) is 3.84. The van der Waals surface area contributed by atoms with Crippen LogP contribution in [0.4, 0.5) is 0 Å². The molecule has 3 heterocycles. The maximum absolute atomic E-state index is 6.08. The molecule has 1 spiro atoms. The van der Waals surface area contributed by atoms with Crippen molar-refractivity contribution in [3.8, 4) is 23.0 Å². The number of benzene rings is 2. The van der Waals surface area contributed by atoms with E-state index in [0.717, 1.165) is 0 Å². The molecule has 0 N–H and O–H groups in total. The van der Waals surface area contributed by atoms with E-state index in [2.05, 4.69) is 0 Å². The second kappa shape index (κ2) is 3.49. The van der Waals surface area contributed by atoms with Crippen LogP contribution in [0.25, 0.3) is 0 Å². The molecule has 0 aromatic heterocycles. The van der Waals surface area contributed by atoms with E-state index in [1.807, 2.05) is 24.3 Å². The molecule has 5 rings (SSSR count). The van der Waals surface area contributed by atoms with Gasteiger partial charge in [0.15, 0.2) is 0 Å². The Labute approximate surface area is 126 Å². The van der Waals surface area contributed by atoms with E-state index in [9.17, 15) is 0 Å². The third-order valence-corrected chi connectivity index (χ3v) is 7.53.